The predicted octanol–water partition coefficient (Wildman–Crippen LogP) is 2.22. The zero-order valence-corrected chi connectivity index (χ0v) is 18.1. The van der Waals surface area contributed by atoms with E-state index in [0.717, 1.165) is 41.8 Å². The van der Waals surface area contributed by atoms with Gasteiger partial charge >= 0.3 is 5.89 Å². The summed E-state index contributed by atoms with van der Waals surface area (Å²) >= 11 is 0. The number of nitrogens with zero attached hydrogens (tertiary/aromatic N) is 1. The topological polar surface area (TPSA) is 38.3 Å². The van der Waals surface area contributed by atoms with Crippen molar-refractivity contribution in [1.29, 1.82) is 0 Å². The second kappa shape index (κ2) is 9.10. The molecule has 0 atom stereocenters. The van der Waals surface area contributed by atoms with Crippen LogP contribution < -0.4 is 38.6 Å². The summed E-state index contributed by atoms with van der Waals surface area (Å²) < 4.78 is 14.0. The summed E-state index contributed by atoms with van der Waals surface area (Å²) in [7, 11) is 0. The molecular formula is C23H23IN2O2. The highest BCUT2D eigenvalue weighted by atomic mass is 127. The highest BCUT2D eigenvalue weighted by Crippen LogP contribution is 2.32. The standard InChI is InChI=1S/C23H22N2O2.HI/c1-3-17-11-10-14-20-23(17)25(4-2)22(27-20)16-7-5-6-15-21-24-18-12-8-9-13-19(18)26-21;/h5-16H,3-4H2,1-2H3;1H. The zero-order chi connectivity index (χ0) is 18.6. The Morgan fingerprint density at radius 1 is 1.00 bits per heavy atom. The van der Waals surface area contributed by atoms with Gasteiger partial charge in [-0.1, -0.05) is 49.4 Å². The van der Waals surface area contributed by atoms with Gasteiger partial charge in [0.15, 0.2) is 11.6 Å². The number of oxazole rings is 1. The number of fused-ring (bicyclic) bond motifs is 2. The lowest BCUT2D eigenvalue weighted by molar-refractivity contribution is -0.674. The Morgan fingerprint density at radius 3 is 2.64 bits per heavy atom. The third kappa shape index (κ3) is 3.99. The van der Waals surface area contributed by atoms with Gasteiger partial charge in [0.25, 0.3) is 5.52 Å². The Hall–Kier alpha value is -2.54. The summed E-state index contributed by atoms with van der Waals surface area (Å²) in [5, 5.41) is 3.23. The van der Waals surface area contributed by atoms with Gasteiger partial charge in [0.2, 0.25) is 5.58 Å². The molecule has 3 aromatic rings. The summed E-state index contributed by atoms with van der Waals surface area (Å²) in [6.07, 6.45) is 10.8. The van der Waals surface area contributed by atoms with E-state index in [9.17, 15) is 0 Å². The van der Waals surface area contributed by atoms with Crippen molar-refractivity contribution in [3.05, 3.63) is 84.1 Å². The molecule has 1 aliphatic rings. The molecule has 0 aliphatic carbocycles. The minimum atomic E-state index is 0. The van der Waals surface area contributed by atoms with Gasteiger partial charge in [-0.3, -0.25) is 0 Å². The molecule has 0 spiro atoms. The fourth-order valence-corrected chi connectivity index (χ4v) is 3.31. The lowest BCUT2D eigenvalue weighted by atomic mass is 10.1. The molecule has 2 aromatic carbocycles. The maximum Gasteiger partial charge on any atom is 0.374 e. The molecule has 28 heavy (non-hydrogen) atoms. The van der Waals surface area contributed by atoms with Gasteiger partial charge < -0.3 is 38.4 Å². The first kappa shape index (κ1) is 20.2. The second-order valence-corrected chi connectivity index (χ2v) is 6.30. The number of allylic oxidation sites excluding steroid dienone is 4. The average molecular weight is 486 g/mol. The number of anilines is 1. The molecule has 0 fully saturated rings. The molecule has 0 saturated heterocycles. The predicted molar refractivity (Wildman–Crippen MR) is 108 cm³/mol. The first-order valence-electron chi connectivity index (χ1n) is 9.33. The van der Waals surface area contributed by atoms with Gasteiger partial charge in [-0.25, -0.2) is 0 Å². The molecule has 4 rings (SSSR count). The van der Waals surface area contributed by atoms with Gasteiger partial charge in [0.05, 0.1) is 11.8 Å². The molecule has 1 aromatic heterocycles. The minimum Gasteiger partial charge on any atom is -1.00 e. The van der Waals surface area contributed by atoms with Crippen LogP contribution >= 0.6 is 0 Å². The van der Waals surface area contributed by atoms with Gasteiger partial charge in [-0.15, -0.1) is 0 Å². The van der Waals surface area contributed by atoms with Crippen LogP contribution in [0.25, 0.3) is 17.2 Å². The molecule has 2 heterocycles. The van der Waals surface area contributed by atoms with Crippen molar-refractivity contribution in [3.8, 4) is 5.75 Å². The Kier molecular flexibility index (Phi) is 6.57. The minimum absolute atomic E-state index is 0. The molecule has 0 amide bonds. The van der Waals surface area contributed by atoms with Crippen LogP contribution in [0.2, 0.25) is 0 Å². The monoisotopic (exact) mass is 486 g/mol. The third-order valence-corrected chi connectivity index (χ3v) is 4.60. The van der Waals surface area contributed by atoms with E-state index in [1.165, 1.54) is 11.1 Å². The van der Waals surface area contributed by atoms with Crippen molar-refractivity contribution in [3.63, 3.8) is 0 Å². The molecule has 1 N–H and O–H groups in total. The first-order valence-corrected chi connectivity index (χ1v) is 9.33. The van der Waals surface area contributed by atoms with Crippen LogP contribution in [0.1, 0.15) is 25.3 Å². The average Bonchev–Trinajstić information content (AvgIpc) is 3.27. The lowest BCUT2D eigenvalue weighted by Gasteiger charge is -1.95. The van der Waals surface area contributed by atoms with E-state index in [1.54, 1.807) is 0 Å². The van der Waals surface area contributed by atoms with E-state index in [4.69, 9.17) is 9.15 Å². The van der Waals surface area contributed by atoms with E-state index in [1.807, 2.05) is 60.7 Å². The highest BCUT2D eigenvalue weighted by molar-refractivity contribution is 5.74. The number of hydrogen-bond acceptors (Lipinski definition) is 3. The van der Waals surface area contributed by atoms with Crippen molar-refractivity contribution in [2.75, 3.05) is 5.32 Å². The molecule has 144 valence electrons. The summed E-state index contributed by atoms with van der Waals surface area (Å²) in [4.78, 5) is 0. The van der Waals surface area contributed by atoms with E-state index >= 15 is 0 Å². The number of benzene rings is 2. The fraction of sp³-hybridized carbons (Fsp3) is 0.174. The van der Waals surface area contributed by atoms with Crippen molar-refractivity contribution < 1.29 is 37.7 Å². The molecule has 4 nitrogen and oxygen atoms in total. The highest BCUT2D eigenvalue weighted by Gasteiger charge is 2.21. The number of aromatic nitrogens is 1. The number of rotatable bonds is 5. The molecule has 0 unspecified atom stereocenters. The summed E-state index contributed by atoms with van der Waals surface area (Å²) in [5.74, 6) is 2.43. The van der Waals surface area contributed by atoms with Crippen LogP contribution in [0.5, 0.6) is 5.75 Å². The van der Waals surface area contributed by atoms with Crippen molar-refractivity contribution >= 4 is 22.9 Å². The Bertz CT molecular complexity index is 1040. The van der Waals surface area contributed by atoms with Crippen LogP contribution in [0, 0.1) is 0 Å². The number of ether oxygens (including phenoxy) is 1. The number of hydrogen-bond donors (Lipinski definition) is 1. The second-order valence-electron chi connectivity index (χ2n) is 6.30. The van der Waals surface area contributed by atoms with Crippen molar-refractivity contribution in [2.45, 2.75) is 26.8 Å². The number of aryl methyl sites for hydroxylation is 2. The normalized spacial score (nSPS) is 14.4. The van der Waals surface area contributed by atoms with Crippen molar-refractivity contribution in [1.82, 2.24) is 0 Å². The van der Waals surface area contributed by atoms with Gasteiger partial charge in [-0.2, -0.15) is 4.57 Å². The molecule has 5 heteroatoms. The maximum absolute atomic E-state index is 6.04. The van der Waals surface area contributed by atoms with Crippen LogP contribution in [-0.4, -0.2) is 0 Å². The van der Waals surface area contributed by atoms with E-state index in [2.05, 4.69) is 35.9 Å². The maximum atomic E-state index is 6.04. The largest absolute Gasteiger partial charge is 1.00 e. The van der Waals surface area contributed by atoms with E-state index in [0.29, 0.717) is 0 Å². The van der Waals surface area contributed by atoms with Gasteiger partial charge in [-0.05, 0) is 37.6 Å². The Labute approximate surface area is 182 Å². The van der Waals surface area contributed by atoms with Gasteiger partial charge in [0.1, 0.15) is 6.54 Å². The van der Waals surface area contributed by atoms with Crippen LogP contribution in [0.4, 0.5) is 5.69 Å². The van der Waals surface area contributed by atoms with E-state index < -0.39 is 0 Å². The summed E-state index contributed by atoms with van der Waals surface area (Å²) in [5.41, 5.74) is 4.42. The SMILES string of the molecule is CCc1cccc2oc(C=CC=CC=C3Nc4ccccc4O3)[n+](CC)c12.[I-]. The molecule has 1 aliphatic heterocycles. The smallest absolute Gasteiger partial charge is 0.374 e. The fourth-order valence-electron chi connectivity index (χ4n) is 3.31. The lowest BCUT2D eigenvalue weighted by Crippen LogP contribution is -3.00. The van der Waals surface area contributed by atoms with Crippen LogP contribution in [0.15, 0.2) is 77.1 Å². The quantitative estimate of drug-likeness (QED) is 0.342. The summed E-state index contributed by atoms with van der Waals surface area (Å²) in [6, 6.07) is 14.1. The molecular weight excluding hydrogens is 463 g/mol. The number of nitrogens with one attached hydrogen (secondary N) is 1. The van der Waals surface area contributed by atoms with E-state index in [-0.39, 0.29) is 24.0 Å². The van der Waals surface area contributed by atoms with Crippen LogP contribution in [-0.2, 0) is 13.0 Å². The van der Waals surface area contributed by atoms with Gasteiger partial charge in [0, 0.05) is 5.56 Å². The van der Waals surface area contributed by atoms with Crippen LogP contribution in [0.3, 0.4) is 0 Å². The van der Waals surface area contributed by atoms with Crippen molar-refractivity contribution in [2.24, 2.45) is 0 Å². The molecule has 0 radical (unpaired) electrons. The summed E-state index contributed by atoms with van der Waals surface area (Å²) in [6.45, 7) is 5.18. The first-order chi connectivity index (χ1) is 13.3. The zero-order valence-electron chi connectivity index (χ0n) is 16.0. The molecule has 0 saturated carbocycles. The Balaban J connectivity index is 0.00000225. The Morgan fingerprint density at radius 2 is 1.86 bits per heavy atom. The number of halogens is 1. The number of para-hydroxylation sites is 3. The molecule has 0 bridgehead atoms. The third-order valence-electron chi connectivity index (χ3n) is 4.60.